The van der Waals surface area contributed by atoms with Gasteiger partial charge in [-0.15, -0.1) is 0 Å². The molecule has 0 bridgehead atoms. The summed E-state index contributed by atoms with van der Waals surface area (Å²) in [7, 11) is 1.58. The van der Waals surface area contributed by atoms with Gasteiger partial charge >= 0.3 is 0 Å². The minimum atomic E-state index is -0.135. The fraction of sp³-hybridized carbons (Fsp3) is 0.300. The molecule has 0 atom stereocenters. The Bertz CT molecular complexity index is 785. The summed E-state index contributed by atoms with van der Waals surface area (Å²) in [6.45, 7) is 1.03. The molecule has 0 fully saturated rings. The molecule has 1 aliphatic heterocycles. The van der Waals surface area contributed by atoms with Crippen LogP contribution in [0.3, 0.4) is 0 Å². The van der Waals surface area contributed by atoms with E-state index in [1.165, 1.54) is 0 Å². The van der Waals surface area contributed by atoms with E-state index < -0.39 is 0 Å². The molecule has 136 valence electrons. The number of anilines is 1. The molecular formula is C20H21NO5. The van der Waals surface area contributed by atoms with Gasteiger partial charge in [0.05, 0.1) is 7.11 Å². The number of methoxy groups -OCH3 is 1. The van der Waals surface area contributed by atoms with E-state index in [-0.39, 0.29) is 18.1 Å². The van der Waals surface area contributed by atoms with Crippen LogP contribution in [0.4, 0.5) is 5.69 Å². The van der Waals surface area contributed by atoms with Gasteiger partial charge in [-0.1, -0.05) is 0 Å². The zero-order valence-corrected chi connectivity index (χ0v) is 14.6. The van der Waals surface area contributed by atoms with E-state index in [1.807, 2.05) is 0 Å². The number of carbonyl (C=O) groups excluding carboxylic acids is 2. The molecule has 26 heavy (non-hydrogen) atoms. The van der Waals surface area contributed by atoms with Crippen molar-refractivity contribution in [3.8, 4) is 17.2 Å². The molecule has 6 heteroatoms. The number of ether oxygens (including phenoxy) is 3. The number of Topliss-reactive ketones (excluding diaryl/α,β-unsaturated/α-hetero) is 1. The summed E-state index contributed by atoms with van der Waals surface area (Å²) in [6, 6.07) is 12.3. The minimum Gasteiger partial charge on any atom is -0.497 e. The lowest BCUT2D eigenvalue weighted by atomic mass is 10.1. The van der Waals surface area contributed by atoms with Crippen LogP contribution in [-0.2, 0) is 4.79 Å². The largest absolute Gasteiger partial charge is 0.497 e. The number of carbonyl (C=O) groups is 2. The molecule has 0 aliphatic carbocycles. The number of hydrogen-bond acceptors (Lipinski definition) is 5. The van der Waals surface area contributed by atoms with Crippen LogP contribution in [0.2, 0.25) is 0 Å². The monoisotopic (exact) mass is 355 g/mol. The van der Waals surface area contributed by atoms with Gasteiger partial charge in [-0.25, -0.2) is 0 Å². The van der Waals surface area contributed by atoms with Crippen molar-refractivity contribution in [2.75, 3.05) is 25.6 Å². The number of benzene rings is 2. The predicted octanol–water partition coefficient (Wildman–Crippen LogP) is 3.46. The molecule has 1 heterocycles. The molecule has 1 aliphatic rings. The van der Waals surface area contributed by atoms with Crippen molar-refractivity contribution in [3.63, 3.8) is 0 Å². The Labute approximate surface area is 152 Å². The highest BCUT2D eigenvalue weighted by molar-refractivity contribution is 5.97. The average molecular weight is 355 g/mol. The van der Waals surface area contributed by atoms with Gasteiger partial charge in [0.15, 0.2) is 17.3 Å². The van der Waals surface area contributed by atoms with Crippen molar-refractivity contribution in [3.05, 3.63) is 48.0 Å². The minimum absolute atomic E-state index is 0.0137. The normalized spacial score (nSPS) is 12.3. The lowest BCUT2D eigenvalue weighted by molar-refractivity contribution is -0.116. The molecule has 6 nitrogen and oxygen atoms in total. The van der Waals surface area contributed by atoms with E-state index in [4.69, 9.17) is 14.2 Å². The number of rotatable bonds is 7. The third-order valence-corrected chi connectivity index (χ3v) is 4.05. The summed E-state index contributed by atoms with van der Waals surface area (Å²) >= 11 is 0. The van der Waals surface area contributed by atoms with Crippen LogP contribution in [0.25, 0.3) is 0 Å². The first-order valence-electron chi connectivity index (χ1n) is 8.52. The standard InChI is InChI=1S/C20H21NO5/c1-24-16-8-5-14(6-9-16)17(22)3-2-4-20(23)21-15-7-10-18-19(13-15)26-12-11-25-18/h5-10,13H,2-4,11-12H2,1H3,(H,21,23). The Morgan fingerprint density at radius 1 is 1.00 bits per heavy atom. The van der Waals surface area contributed by atoms with Crippen molar-refractivity contribution >= 4 is 17.4 Å². The van der Waals surface area contributed by atoms with Crippen LogP contribution in [0, 0.1) is 0 Å². The zero-order valence-electron chi connectivity index (χ0n) is 14.6. The van der Waals surface area contributed by atoms with Gasteiger partial charge in [-0.05, 0) is 42.8 Å². The molecule has 0 saturated heterocycles. The van der Waals surface area contributed by atoms with E-state index in [9.17, 15) is 9.59 Å². The molecular weight excluding hydrogens is 334 g/mol. The second kappa shape index (κ2) is 8.38. The van der Waals surface area contributed by atoms with Crippen LogP contribution in [0.1, 0.15) is 29.6 Å². The highest BCUT2D eigenvalue weighted by Gasteiger charge is 2.13. The number of hydrogen-bond donors (Lipinski definition) is 1. The van der Waals surface area contributed by atoms with E-state index in [0.29, 0.717) is 54.6 Å². The first-order valence-corrected chi connectivity index (χ1v) is 8.52. The van der Waals surface area contributed by atoms with Crippen molar-refractivity contribution in [2.24, 2.45) is 0 Å². The quantitative estimate of drug-likeness (QED) is 0.770. The Morgan fingerprint density at radius 2 is 1.73 bits per heavy atom. The van der Waals surface area contributed by atoms with Crippen LogP contribution in [0.5, 0.6) is 17.2 Å². The highest BCUT2D eigenvalue weighted by atomic mass is 16.6. The molecule has 1 amide bonds. The molecule has 3 rings (SSSR count). The molecule has 1 N–H and O–H groups in total. The van der Waals surface area contributed by atoms with Crippen LogP contribution in [0.15, 0.2) is 42.5 Å². The Hall–Kier alpha value is -3.02. The fourth-order valence-corrected chi connectivity index (χ4v) is 2.68. The number of amides is 1. The summed E-state index contributed by atoms with van der Waals surface area (Å²) < 4.78 is 16.0. The lowest BCUT2D eigenvalue weighted by Gasteiger charge is -2.19. The molecule has 2 aromatic carbocycles. The van der Waals surface area contributed by atoms with E-state index in [2.05, 4.69) is 5.32 Å². The lowest BCUT2D eigenvalue weighted by Crippen LogP contribution is -2.16. The van der Waals surface area contributed by atoms with Crippen molar-refractivity contribution in [2.45, 2.75) is 19.3 Å². The second-order valence-electron chi connectivity index (χ2n) is 5.91. The third-order valence-electron chi connectivity index (χ3n) is 4.05. The maximum absolute atomic E-state index is 12.1. The zero-order chi connectivity index (χ0) is 18.4. The summed E-state index contributed by atoms with van der Waals surface area (Å²) in [6.07, 6.45) is 1.08. The number of nitrogens with one attached hydrogen (secondary N) is 1. The second-order valence-corrected chi connectivity index (χ2v) is 5.91. The molecule has 0 aromatic heterocycles. The molecule has 2 aromatic rings. The molecule has 0 saturated carbocycles. The SMILES string of the molecule is COc1ccc(C(=O)CCCC(=O)Nc2ccc3c(c2)OCCO3)cc1. The maximum atomic E-state index is 12.1. The molecule has 0 unspecified atom stereocenters. The van der Waals surface area contributed by atoms with E-state index >= 15 is 0 Å². The number of fused-ring (bicyclic) bond motifs is 1. The average Bonchev–Trinajstić information content (AvgIpc) is 2.68. The Balaban J connectivity index is 1.45. The van der Waals surface area contributed by atoms with Crippen molar-refractivity contribution in [1.82, 2.24) is 0 Å². The summed E-state index contributed by atoms with van der Waals surface area (Å²) in [5.74, 6) is 1.90. The van der Waals surface area contributed by atoms with Crippen LogP contribution >= 0.6 is 0 Å². The van der Waals surface area contributed by atoms with Crippen molar-refractivity contribution < 1.29 is 23.8 Å². The van der Waals surface area contributed by atoms with Gasteiger partial charge in [0.1, 0.15) is 19.0 Å². The molecule has 0 spiro atoms. The van der Waals surface area contributed by atoms with Gasteiger partial charge in [0.2, 0.25) is 5.91 Å². The van der Waals surface area contributed by atoms with Gasteiger partial charge in [0, 0.05) is 30.2 Å². The summed E-state index contributed by atoms with van der Waals surface area (Å²) in [4.78, 5) is 24.2. The van der Waals surface area contributed by atoms with Gasteiger partial charge in [-0.3, -0.25) is 9.59 Å². The van der Waals surface area contributed by atoms with Crippen molar-refractivity contribution in [1.29, 1.82) is 0 Å². The van der Waals surface area contributed by atoms with E-state index in [1.54, 1.807) is 49.6 Å². The smallest absolute Gasteiger partial charge is 0.224 e. The maximum Gasteiger partial charge on any atom is 0.224 e. The van der Waals surface area contributed by atoms with Crippen LogP contribution < -0.4 is 19.5 Å². The predicted molar refractivity (Wildman–Crippen MR) is 97.2 cm³/mol. The first-order chi connectivity index (χ1) is 12.7. The topological polar surface area (TPSA) is 73.9 Å². The molecule has 0 radical (unpaired) electrons. The van der Waals surface area contributed by atoms with Gasteiger partial charge in [-0.2, -0.15) is 0 Å². The highest BCUT2D eigenvalue weighted by Crippen LogP contribution is 2.32. The Morgan fingerprint density at radius 3 is 2.46 bits per heavy atom. The van der Waals surface area contributed by atoms with Gasteiger partial charge in [0.25, 0.3) is 0 Å². The summed E-state index contributed by atoms with van der Waals surface area (Å²) in [5.41, 5.74) is 1.28. The first kappa shape index (κ1) is 17.8. The summed E-state index contributed by atoms with van der Waals surface area (Å²) in [5, 5.41) is 2.82. The third kappa shape index (κ3) is 4.53. The van der Waals surface area contributed by atoms with Gasteiger partial charge < -0.3 is 19.5 Å². The van der Waals surface area contributed by atoms with Crippen LogP contribution in [-0.4, -0.2) is 32.0 Å². The Kier molecular flexibility index (Phi) is 5.73. The van der Waals surface area contributed by atoms with E-state index in [0.717, 1.165) is 0 Å². The number of ketones is 1. The fourth-order valence-electron chi connectivity index (χ4n) is 2.68.